The molecule has 16 heavy (non-hydrogen) atoms. The highest BCUT2D eigenvalue weighted by Gasteiger charge is 2.13. The molecule has 88 valence electrons. The summed E-state index contributed by atoms with van der Waals surface area (Å²) in [6, 6.07) is 0. The molecule has 0 aliphatic heterocycles. The molecule has 0 aliphatic carbocycles. The van der Waals surface area contributed by atoms with Crippen LogP contribution < -0.4 is 15.6 Å². The highest BCUT2D eigenvalue weighted by Crippen LogP contribution is 2.14. The molecule has 1 aromatic heterocycles. The third-order valence-corrected chi connectivity index (χ3v) is 2.01. The van der Waals surface area contributed by atoms with Crippen LogP contribution in [0.5, 0.6) is 5.75 Å². The normalized spacial score (nSPS) is 11.9. The van der Waals surface area contributed by atoms with Gasteiger partial charge in [0.2, 0.25) is 5.75 Å². The van der Waals surface area contributed by atoms with E-state index in [1.54, 1.807) is 6.92 Å². The van der Waals surface area contributed by atoms with Crippen molar-refractivity contribution in [1.29, 1.82) is 0 Å². The molecule has 7 nitrogen and oxygen atoms in total. The van der Waals surface area contributed by atoms with E-state index in [-0.39, 0.29) is 18.1 Å². The number of methoxy groups -OCH3 is 1. The number of nitrogens with zero attached hydrogens (tertiary/aromatic N) is 1. The number of anilines is 1. The van der Waals surface area contributed by atoms with Crippen LogP contribution in [0.25, 0.3) is 0 Å². The molecule has 1 atom stereocenters. The maximum atomic E-state index is 11.3. The Kier molecular flexibility index (Phi) is 3.87. The van der Waals surface area contributed by atoms with Crippen molar-refractivity contribution in [3.8, 4) is 5.75 Å². The Morgan fingerprint density at radius 2 is 2.44 bits per heavy atom. The minimum Gasteiger partial charge on any atom is -0.489 e. The van der Waals surface area contributed by atoms with Gasteiger partial charge in [0.05, 0.1) is 19.4 Å². The van der Waals surface area contributed by atoms with E-state index in [1.165, 1.54) is 13.4 Å². The number of H-pyrrole nitrogens is 1. The van der Waals surface area contributed by atoms with Crippen LogP contribution in [-0.2, 0) is 4.79 Å². The predicted octanol–water partition coefficient (Wildman–Crippen LogP) is -0.0889. The highest BCUT2D eigenvalue weighted by atomic mass is 16.5. The number of hydrogen-bond donors (Lipinski definition) is 3. The van der Waals surface area contributed by atoms with E-state index in [0.717, 1.165) is 0 Å². The molecule has 1 heterocycles. The van der Waals surface area contributed by atoms with Gasteiger partial charge in [-0.05, 0) is 0 Å². The van der Waals surface area contributed by atoms with Crippen molar-refractivity contribution in [3.63, 3.8) is 0 Å². The Bertz CT molecular complexity index is 429. The maximum Gasteiger partial charge on any atom is 0.308 e. The first-order valence-corrected chi connectivity index (χ1v) is 4.64. The van der Waals surface area contributed by atoms with Gasteiger partial charge in [-0.15, -0.1) is 0 Å². The minimum absolute atomic E-state index is 0.0417. The van der Waals surface area contributed by atoms with E-state index in [4.69, 9.17) is 9.84 Å². The number of carbonyl (C=O) groups is 1. The minimum atomic E-state index is -0.920. The molecule has 3 N–H and O–H groups in total. The van der Waals surface area contributed by atoms with Crippen molar-refractivity contribution < 1.29 is 14.6 Å². The van der Waals surface area contributed by atoms with Crippen LogP contribution in [0, 0.1) is 5.92 Å². The van der Waals surface area contributed by atoms with Crippen LogP contribution in [-0.4, -0.2) is 34.7 Å². The summed E-state index contributed by atoms with van der Waals surface area (Å²) in [7, 11) is 1.35. The van der Waals surface area contributed by atoms with Crippen LogP contribution in [0.3, 0.4) is 0 Å². The second-order valence-corrected chi connectivity index (χ2v) is 3.23. The number of hydrogen-bond acceptors (Lipinski definition) is 5. The molecule has 7 heteroatoms. The van der Waals surface area contributed by atoms with Crippen molar-refractivity contribution in [2.45, 2.75) is 6.92 Å². The number of ether oxygens (including phenoxy) is 1. The number of carboxylic acids is 1. The summed E-state index contributed by atoms with van der Waals surface area (Å²) in [5.41, 5.74) is -0.414. The van der Waals surface area contributed by atoms with Gasteiger partial charge in [0.15, 0.2) is 5.82 Å². The average molecular weight is 227 g/mol. The molecule has 1 aromatic rings. The van der Waals surface area contributed by atoms with Gasteiger partial charge >= 0.3 is 5.97 Å². The van der Waals surface area contributed by atoms with Crippen LogP contribution >= 0.6 is 0 Å². The first-order chi connectivity index (χ1) is 7.56. The average Bonchev–Trinajstić information content (AvgIpc) is 2.25. The molecule has 0 saturated heterocycles. The number of aliphatic carboxylic acids is 1. The predicted molar refractivity (Wildman–Crippen MR) is 56.7 cm³/mol. The van der Waals surface area contributed by atoms with E-state index >= 15 is 0 Å². The summed E-state index contributed by atoms with van der Waals surface area (Å²) in [6.07, 6.45) is 1.22. The number of rotatable bonds is 5. The molecule has 0 bridgehead atoms. The maximum absolute atomic E-state index is 11.3. The van der Waals surface area contributed by atoms with Crippen molar-refractivity contribution in [2.75, 3.05) is 19.0 Å². The Hall–Kier alpha value is -2.05. The molecule has 0 radical (unpaired) electrons. The molecule has 0 fully saturated rings. The van der Waals surface area contributed by atoms with Crippen LogP contribution in [0.2, 0.25) is 0 Å². The second kappa shape index (κ2) is 5.15. The van der Waals surface area contributed by atoms with E-state index in [2.05, 4.69) is 15.3 Å². The lowest BCUT2D eigenvalue weighted by molar-refractivity contribution is -0.140. The fraction of sp³-hybridized carbons (Fsp3) is 0.444. The highest BCUT2D eigenvalue weighted by molar-refractivity contribution is 5.70. The number of nitrogens with one attached hydrogen (secondary N) is 2. The molecule has 0 spiro atoms. The van der Waals surface area contributed by atoms with Crippen LogP contribution in [0.1, 0.15) is 6.92 Å². The van der Waals surface area contributed by atoms with E-state index in [0.29, 0.717) is 0 Å². The van der Waals surface area contributed by atoms with E-state index in [9.17, 15) is 9.59 Å². The summed E-state index contributed by atoms with van der Waals surface area (Å²) in [5.74, 6) is -1.22. The molecule has 0 saturated carbocycles. The Morgan fingerprint density at radius 3 is 3.00 bits per heavy atom. The zero-order valence-corrected chi connectivity index (χ0v) is 8.98. The number of carboxylic acid groups (broad SMARTS) is 1. The zero-order valence-electron chi connectivity index (χ0n) is 8.98. The summed E-state index contributed by atoms with van der Waals surface area (Å²) >= 11 is 0. The van der Waals surface area contributed by atoms with Crippen molar-refractivity contribution in [1.82, 2.24) is 9.97 Å². The number of aromatic nitrogens is 2. The van der Waals surface area contributed by atoms with Gasteiger partial charge in [-0.2, -0.15) is 0 Å². The molecule has 1 rings (SSSR count). The van der Waals surface area contributed by atoms with Crippen LogP contribution in [0.4, 0.5) is 5.82 Å². The Morgan fingerprint density at radius 1 is 1.75 bits per heavy atom. The molecule has 0 aliphatic rings. The smallest absolute Gasteiger partial charge is 0.308 e. The molecular weight excluding hydrogens is 214 g/mol. The second-order valence-electron chi connectivity index (χ2n) is 3.23. The summed E-state index contributed by atoms with van der Waals surface area (Å²) in [5, 5.41) is 11.4. The third kappa shape index (κ3) is 2.72. The lowest BCUT2D eigenvalue weighted by Crippen LogP contribution is -2.22. The quantitative estimate of drug-likeness (QED) is 0.649. The van der Waals surface area contributed by atoms with Gasteiger partial charge in [0.25, 0.3) is 5.56 Å². The number of aromatic amines is 1. The topological polar surface area (TPSA) is 104 Å². The Balaban J connectivity index is 2.78. The van der Waals surface area contributed by atoms with Crippen molar-refractivity contribution in [3.05, 3.63) is 16.7 Å². The van der Waals surface area contributed by atoms with Gasteiger partial charge in [0.1, 0.15) is 0 Å². The van der Waals surface area contributed by atoms with Gasteiger partial charge in [-0.1, -0.05) is 6.92 Å². The zero-order chi connectivity index (χ0) is 12.1. The molecule has 1 unspecified atom stereocenters. The lowest BCUT2D eigenvalue weighted by Gasteiger charge is -2.10. The van der Waals surface area contributed by atoms with E-state index < -0.39 is 17.4 Å². The summed E-state index contributed by atoms with van der Waals surface area (Å²) in [4.78, 5) is 28.1. The molecule has 0 aromatic carbocycles. The fourth-order valence-electron chi connectivity index (χ4n) is 1.04. The largest absolute Gasteiger partial charge is 0.489 e. The van der Waals surface area contributed by atoms with Gasteiger partial charge in [-0.3, -0.25) is 9.59 Å². The van der Waals surface area contributed by atoms with Gasteiger partial charge < -0.3 is 20.1 Å². The first kappa shape index (κ1) is 12.0. The van der Waals surface area contributed by atoms with Crippen molar-refractivity contribution in [2.24, 2.45) is 5.92 Å². The van der Waals surface area contributed by atoms with Crippen LogP contribution in [0.15, 0.2) is 11.1 Å². The fourth-order valence-corrected chi connectivity index (χ4v) is 1.04. The van der Waals surface area contributed by atoms with Gasteiger partial charge in [0, 0.05) is 6.54 Å². The van der Waals surface area contributed by atoms with E-state index in [1.807, 2.05) is 0 Å². The Labute approximate surface area is 91.5 Å². The lowest BCUT2D eigenvalue weighted by atomic mass is 10.2. The first-order valence-electron chi connectivity index (χ1n) is 4.64. The van der Waals surface area contributed by atoms with Gasteiger partial charge in [-0.25, -0.2) is 4.98 Å². The monoisotopic (exact) mass is 227 g/mol. The summed E-state index contributed by atoms with van der Waals surface area (Å²) in [6.45, 7) is 1.72. The van der Waals surface area contributed by atoms with Crippen molar-refractivity contribution >= 4 is 11.8 Å². The third-order valence-electron chi connectivity index (χ3n) is 2.01. The SMILES string of the molecule is COc1c(NCC(C)C(=O)O)nc[nH]c1=O. The standard InChI is InChI=1S/C9H13N3O4/c1-5(9(14)15)3-10-7-6(16-2)8(13)12-4-11-7/h4-5H,3H2,1-2H3,(H,14,15)(H2,10,11,12,13). The summed E-state index contributed by atoms with van der Waals surface area (Å²) < 4.78 is 4.85. The molecule has 0 amide bonds. The molecular formula is C9H13N3O4.